The lowest BCUT2D eigenvalue weighted by Gasteiger charge is -2.14. The summed E-state index contributed by atoms with van der Waals surface area (Å²) in [4.78, 5) is 0. The third kappa shape index (κ3) is 3.44. The van der Waals surface area contributed by atoms with E-state index in [2.05, 4.69) is 21.2 Å². The van der Waals surface area contributed by atoms with Crippen LogP contribution in [0.25, 0.3) is 0 Å². The first kappa shape index (κ1) is 15.1. The molecule has 0 saturated heterocycles. The molecule has 5 heteroatoms. The summed E-state index contributed by atoms with van der Waals surface area (Å²) in [6.45, 7) is 2.29. The van der Waals surface area contributed by atoms with Gasteiger partial charge in [0.05, 0.1) is 17.3 Å². The Morgan fingerprint density at radius 3 is 2.75 bits per heavy atom. The maximum absolute atomic E-state index is 13.7. The van der Waals surface area contributed by atoms with Gasteiger partial charge in [-0.25, -0.2) is 4.39 Å². The van der Waals surface area contributed by atoms with Crippen LogP contribution in [0.3, 0.4) is 0 Å². The average Bonchev–Trinajstić information content (AvgIpc) is 2.39. The molecule has 0 saturated carbocycles. The fraction of sp³-hybridized carbons (Fsp3) is 0.200. The van der Waals surface area contributed by atoms with Crippen LogP contribution in [-0.2, 0) is 6.54 Å². The van der Waals surface area contributed by atoms with E-state index < -0.39 is 0 Å². The van der Waals surface area contributed by atoms with Crippen LogP contribution in [0.1, 0.15) is 11.1 Å². The van der Waals surface area contributed by atoms with Crippen molar-refractivity contribution in [2.24, 2.45) is 0 Å². The third-order valence-electron chi connectivity index (χ3n) is 2.88. The van der Waals surface area contributed by atoms with Crippen molar-refractivity contribution in [1.29, 1.82) is 0 Å². The van der Waals surface area contributed by atoms with Crippen molar-refractivity contribution in [3.8, 4) is 5.75 Å². The van der Waals surface area contributed by atoms with Crippen LogP contribution < -0.4 is 10.1 Å². The number of methoxy groups -OCH3 is 1. The molecule has 2 nitrogen and oxygen atoms in total. The molecule has 0 heterocycles. The highest BCUT2D eigenvalue weighted by atomic mass is 79.9. The van der Waals surface area contributed by atoms with Crippen LogP contribution in [0.4, 0.5) is 10.1 Å². The SMILES string of the molecule is COc1c(Br)cc(Cl)cc1NCc1cc(C)ccc1F. The van der Waals surface area contributed by atoms with Crippen LogP contribution in [-0.4, -0.2) is 7.11 Å². The summed E-state index contributed by atoms with van der Waals surface area (Å²) in [5, 5.41) is 3.72. The van der Waals surface area contributed by atoms with Gasteiger partial charge in [0.15, 0.2) is 5.75 Å². The number of rotatable bonds is 4. The van der Waals surface area contributed by atoms with Crippen molar-refractivity contribution in [2.75, 3.05) is 12.4 Å². The zero-order valence-electron chi connectivity index (χ0n) is 11.1. The number of benzene rings is 2. The summed E-state index contributed by atoms with van der Waals surface area (Å²) in [5.74, 6) is 0.408. The Kier molecular flexibility index (Phi) is 4.89. The fourth-order valence-electron chi connectivity index (χ4n) is 1.93. The van der Waals surface area contributed by atoms with Crippen molar-refractivity contribution in [1.82, 2.24) is 0 Å². The van der Waals surface area contributed by atoms with Crippen LogP contribution in [0.15, 0.2) is 34.8 Å². The molecule has 2 rings (SSSR count). The number of nitrogens with one attached hydrogen (secondary N) is 1. The number of hydrogen-bond donors (Lipinski definition) is 1. The fourth-order valence-corrected chi connectivity index (χ4v) is 2.90. The Labute approximate surface area is 131 Å². The summed E-state index contributed by atoms with van der Waals surface area (Å²) in [6, 6.07) is 8.53. The number of anilines is 1. The molecule has 0 spiro atoms. The summed E-state index contributed by atoms with van der Waals surface area (Å²) in [7, 11) is 1.58. The maximum atomic E-state index is 13.7. The lowest BCUT2D eigenvalue weighted by atomic mass is 10.1. The first-order valence-corrected chi connectivity index (χ1v) is 7.20. The zero-order valence-corrected chi connectivity index (χ0v) is 13.5. The maximum Gasteiger partial charge on any atom is 0.156 e. The van der Waals surface area contributed by atoms with Crippen molar-refractivity contribution < 1.29 is 9.13 Å². The van der Waals surface area contributed by atoms with Crippen molar-refractivity contribution in [2.45, 2.75) is 13.5 Å². The molecule has 2 aromatic carbocycles. The second-order valence-electron chi connectivity index (χ2n) is 4.42. The number of hydrogen-bond acceptors (Lipinski definition) is 2. The van der Waals surface area contributed by atoms with Gasteiger partial charge >= 0.3 is 0 Å². The third-order valence-corrected chi connectivity index (χ3v) is 3.69. The van der Waals surface area contributed by atoms with Crippen LogP contribution in [0.5, 0.6) is 5.75 Å². The predicted octanol–water partition coefficient (Wildman–Crippen LogP) is 5.17. The number of halogens is 3. The quantitative estimate of drug-likeness (QED) is 0.814. The minimum atomic E-state index is -0.233. The van der Waals surface area contributed by atoms with E-state index >= 15 is 0 Å². The van der Waals surface area contributed by atoms with E-state index in [0.29, 0.717) is 28.6 Å². The molecule has 1 N–H and O–H groups in total. The van der Waals surface area contributed by atoms with E-state index in [4.69, 9.17) is 16.3 Å². The molecule has 0 aliphatic rings. The van der Waals surface area contributed by atoms with E-state index in [0.717, 1.165) is 10.0 Å². The molecular formula is C15H14BrClFNO. The summed E-state index contributed by atoms with van der Waals surface area (Å²) in [6.07, 6.45) is 0. The molecule has 0 bridgehead atoms. The Bertz CT molecular complexity index is 634. The largest absolute Gasteiger partial charge is 0.493 e. The lowest BCUT2D eigenvalue weighted by molar-refractivity contribution is 0.414. The Balaban J connectivity index is 2.24. The van der Waals surface area contributed by atoms with Gasteiger partial charge in [-0.15, -0.1) is 0 Å². The van der Waals surface area contributed by atoms with Gasteiger partial charge in [-0.1, -0.05) is 29.3 Å². The lowest BCUT2D eigenvalue weighted by Crippen LogP contribution is -2.04. The Hall–Kier alpha value is -1.26. The summed E-state index contributed by atoms with van der Waals surface area (Å²) >= 11 is 9.40. The normalized spacial score (nSPS) is 10.4. The molecule has 0 aliphatic heterocycles. The predicted molar refractivity (Wildman–Crippen MR) is 84.2 cm³/mol. The highest BCUT2D eigenvalue weighted by molar-refractivity contribution is 9.10. The van der Waals surface area contributed by atoms with Crippen molar-refractivity contribution >= 4 is 33.2 Å². The smallest absolute Gasteiger partial charge is 0.156 e. The van der Waals surface area contributed by atoms with E-state index in [1.54, 1.807) is 25.3 Å². The molecule has 0 aliphatic carbocycles. The molecule has 0 amide bonds. The van der Waals surface area contributed by atoms with Gasteiger partial charge < -0.3 is 10.1 Å². The molecular weight excluding hydrogens is 345 g/mol. The van der Waals surface area contributed by atoms with Crippen LogP contribution >= 0.6 is 27.5 Å². The van der Waals surface area contributed by atoms with E-state index in [1.165, 1.54) is 6.07 Å². The van der Waals surface area contributed by atoms with E-state index in [1.807, 2.05) is 13.0 Å². The van der Waals surface area contributed by atoms with E-state index in [-0.39, 0.29) is 5.82 Å². The van der Waals surface area contributed by atoms with Crippen molar-refractivity contribution in [3.63, 3.8) is 0 Å². The van der Waals surface area contributed by atoms with Gasteiger partial charge in [0.2, 0.25) is 0 Å². The highest BCUT2D eigenvalue weighted by Gasteiger charge is 2.10. The second kappa shape index (κ2) is 6.46. The standard InChI is InChI=1S/C15H14BrClFNO/c1-9-3-4-13(18)10(5-9)8-19-14-7-11(17)6-12(16)15(14)20-2/h3-7,19H,8H2,1-2H3. The number of ether oxygens (including phenoxy) is 1. The second-order valence-corrected chi connectivity index (χ2v) is 5.71. The molecule has 0 aromatic heterocycles. The highest BCUT2D eigenvalue weighted by Crippen LogP contribution is 2.36. The van der Waals surface area contributed by atoms with Gasteiger partial charge in [0.25, 0.3) is 0 Å². The van der Waals surface area contributed by atoms with Gasteiger partial charge in [-0.3, -0.25) is 0 Å². The van der Waals surface area contributed by atoms with Gasteiger partial charge in [-0.2, -0.15) is 0 Å². The first-order chi connectivity index (χ1) is 9.51. The topological polar surface area (TPSA) is 21.3 Å². The van der Waals surface area contributed by atoms with Crippen LogP contribution in [0.2, 0.25) is 5.02 Å². The summed E-state index contributed by atoms with van der Waals surface area (Å²) in [5.41, 5.74) is 2.33. The minimum Gasteiger partial charge on any atom is -0.493 e. The minimum absolute atomic E-state index is 0.233. The molecule has 106 valence electrons. The first-order valence-electron chi connectivity index (χ1n) is 6.03. The Morgan fingerprint density at radius 1 is 1.30 bits per heavy atom. The van der Waals surface area contributed by atoms with E-state index in [9.17, 15) is 4.39 Å². The molecule has 0 radical (unpaired) electrons. The van der Waals surface area contributed by atoms with Crippen LogP contribution in [0, 0.1) is 12.7 Å². The van der Waals surface area contributed by atoms with Gasteiger partial charge in [-0.05, 0) is 41.1 Å². The Morgan fingerprint density at radius 2 is 2.05 bits per heavy atom. The molecule has 2 aromatic rings. The molecule has 0 fully saturated rings. The van der Waals surface area contributed by atoms with Gasteiger partial charge in [0.1, 0.15) is 5.82 Å². The average molecular weight is 359 g/mol. The molecule has 0 atom stereocenters. The summed E-state index contributed by atoms with van der Waals surface area (Å²) < 4.78 is 19.8. The monoisotopic (exact) mass is 357 g/mol. The zero-order chi connectivity index (χ0) is 14.7. The van der Waals surface area contributed by atoms with Gasteiger partial charge in [0, 0.05) is 17.1 Å². The number of aryl methyl sites for hydroxylation is 1. The molecule has 20 heavy (non-hydrogen) atoms. The molecule has 0 unspecified atom stereocenters. The van der Waals surface area contributed by atoms with Crippen molar-refractivity contribution in [3.05, 3.63) is 56.8 Å².